The Morgan fingerprint density at radius 3 is 2.58 bits per heavy atom. The predicted octanol–water partition coefficient (Wildman–Crippen LogP) is 2.96. The van der Waals surface area contributed by atoms with Crippen molar-refractivity contribution in [2.45, 2.75) is 11.8 Å². The highest BCUT2D eigenvalue weighted by molar-refractivity contribution is 7.91. The Morgan fingerprint density at radius 1 is 1.16 bits per heavy atom. The fraction of sp³-hybridized carbons (Fsp3) is 0.300. The van der Waals surface area contributed by atoms with Gasteiger partial charge in [-0.15, -0.1) is 0 Å². The maximum absolute atomic E-state index is 12.9. The van der Waals surface area contributed by atoms with E-state index in [1.54, 1.807) is 30.0 Å². The number of nitrogens with zero attached hydrogens (tertiary/aromatic N) is 4. The van der Waals surface area contributed by atoms with Crippen LogP contribution in [0.3, 0.4) is 0 Å². The molecule has 3 aromatic rings. The van der Waals surface area contributed by atoms with E-state index in [9.17, 15) is 23.3 Å². The number of fused-ring (bicyclic) bond motifs is 1. The standard InChI is InChI=1S/C20H20N4O5S2/c1-2-31(28,29)16-5-3-4-14(12-16)19(25)22-8-10-23(11-9-22)20-21-17-7-6-15(24(26)27)13-18(17)30-20/h3-7,12-13H,2,8-11H2,1H3. The van der Waals surface area contributed by atoms with Gasteiger partial charge < -0.3 is 9.80 Å². The molecule has 31 heavy (non-hydrogen) atoms. The molecule has 2 aromatic carbocycles. The second-order valence-electron chi connectivity index (χ2n) is 7.12. The van der Waals surface area contributed by atoms with Gasteiger partial charge in [0, 0.05) is 43.9 Å². The van der Waals surface area contributed by atoms with Crippen molar-refractivity contribution in [3.63, 3.8) is 0 Å². The maximum Gasteiger partial charge on any atom is 0.270 e. The normalized spacial score (nSPS) is 14.7. The molecule has 162 valence electrons. The minimum atomic E-state index is -3.38. The minimum absolute atomic E-state index is 0.0192. The van der Waals surface area contributed by atoms with Gasteiger partial charge in [-0.3, -0.25) is 14.9 Å². The van der Waals surface area contributed by atoms with Crippen LogP contribution in [-0.4, -0.2) is 61.1 Å². The van der Waals surface area contributed by atoms with E-state index in [-0.39, 0.29) is 22.2 Å². The molecular weight excluding hydrogens is 440 g/mol. The highest BCUT2D eigenvalue weighted by Gasteiger charge is 2.25. The Kier molecular flexibility index (Phi) is 5.63. The van der Waals surface area contributed by atoms with Crippen molar-refractivity contribution in [2.24, 2.45) is 0 Å². The average Bonchev–Trinajstić information content (AvgIpc) is 3.22. The topological polar surface area (TPSA) is 114 Å². The molecule has 0 aliphatic carbocycles. The minimum Gasteiger partial charge on any atom is -0.345 e. The van der Waals surface area contributed by atoms with E-state index in [4.69, 9.17) is 0 Å². The van der Waals surface area contributed by atoms with E-state index < -0.39 is 14.8 Å². The molecule has 1 aromatic heterocycles. The number of carbonyl (C=O) groups is 1. The second kappa shape index (κ2) is 8.23. The third-order valence-corrected chi connectivity index (χ3v) is 8.04. The van der Waals surface area contributed by atoms with Crippen molar-refractivity contribution >= 4 is 48.1 Å². The zero-order chi connectivity index (χ0) is 22.2. The van der Waals surface area contributed by atoms with Crippen LogP contribution in [0.4, 0.5) is 10.8 Å². The largest absolute Gasteiger partial charge is 0.345 e. The quantitative estimate of drug-likeness (QED) is 0.425. The van der Waals surface area contributed by atoms with E-state index in [0.717, 1.165) is 9.83 Å². The van der Waals surface area contributed by atoms with Crippen LogP contribution in [0.25, 0.3) is 10.2 Å². The molecule has 4 rings (SSSR count). The molecule has 1 amide bonds. The number of nitro groups is 1. The first-order valence-electron chi connectivity index (χ1n) is 9.70. The molecule has 0 atom stereocenters. The molecule has 0 saturated carbocycles. The number of piperazine rings is 1. The van der Waals surface area contributed by atoms with Gasteiger partial charge in [0.2, 0.25) is 0 Å². The van der Waals surface area contributed by atoms with Crippen molar-refractivity contribution in [3.8, 4) is 0 Å². The first kappa shape index (κ1) is 21.2. The van der Waals surface area contributed by atoms with E-state index in [1.165, 1.54) is 35.6 Å². The number of nitro benzene ring substituents is 1. The lowest BCUT2D eigenvalue weighted by Gasteiger charge is -2.34. The van der Waals surface area contributed by atoms with Crippen LogP contribution >= 0.6 is 11.3 Å². The zero-order valence-electron chi connectivity index (χ0n) is 16.7. The number of carbonyl (C=O) groups excluding carboxylic acids is 1. The summed E-state index contributed by atoms with van der Waals surface area (Å²) in [6, 6.07) is 10.8. The molecule has 1 saturated heterocycles. The summed E-state index contributed by atoms with van der Waals surface area (Å²) < 4.78 is 25.0. The molecule has 0 bridgehead atoms. The van der Waals surface area contributed by atoms with Gasteiger partial charge in [-0.25, -0.2) is 13.4 Å². The van der Waals surface area contributed by atoms with E-state index in [2.05, 4.69) is 9.88 Å². The Morgan fingerprint density at radius 2 is 1.90 bits per heavy atom. The van der Waals surface area contributed by atoms with Crippen LogP contribution in [-0.2, 0) is 9.84 Å². The van der Waals surface area contributed by atoms with Gasteiger partial charge in [-0.1, -0.05) is 24.3 Å². The molecule has 11 heteroatoms. The summed E-state index contributed by atoms with van der Waals surface area (Å²) in [6.45, 7) is 3.66. The number of rotatable bonds is 5. The van der Waals surface area contributed by atoms with Crippen LogP contribution in [0.2, 0.25) is 0 Å². The Balaban J connectivity index is 1.46. The number of non-ortho nitro benzene ring substituents is 1. The number of hydrogen-bond acceptors (Lipinski definition) is 8. The van der Waals surface area contributed by atoms with Gasteiger partial charge in [0.05, 0.1) is 25.8 Å². The van der Waals surface area contributed by atoms with Crippen LogP contribution in [0.5, 0.6) is 0 Å². The van der Waals surface area contributed by atoms with Crippen LogP contribution in [0.15, 0.2) is 47.4 Å². The lowest BCUT2D eigenvalue weighted by molar-refractivity contribution is -0.384. The van der Waals surface area contributed by atoms with Crippen molar-refractivity contribution in [2.75, 3.05) is 36.8 Å². The fourth-order valence-electron chi connectivity index (χ4n) is 3.42. The van der Waals surface area contributed by atoms with Crippen molar-refractivity contribution in [3.05, 3.63) is 58.1 Å². The highest BCUT2D eigenvalue weighted by Crippen LogP contribution is 2.32. The Bertz CT molecular complexity index is 1260. The third kappa shape index (κ3) is 4.23. The number of anilines is 1. The van der Waals surface area contributed by atoms with Crippen LogP contribution in [0.1, 0.15) is 17.3 Å². The first-order valence-corrected chi connectivity index (χ1v) is 12.2. The van der Waals surface area contributed by atoms with Crippen molar-refractivity contribution < 1.29 is 18.1 Å². The molecule has 1 aliphatic heterocycles. The number of aromatic nitrogens is 1. The number of sulfone groups is 1. The summed E-state index contributed by atoms with van der Waals surface area (Å²) in [5, 5.41) is 11.7. The Labute approximate surface area is 183 Å². The number of benzene rings is 2. The van der Waals surface area contributed by atoms with Crippen molar-refractivity contribution in [1.29, 1.82) is 0 Å². The second-order valence-corrected chi connectivity index (χ2v) is 10.4. The highest BCUT2D eigenvalue weighted by atomic mass is 32.2. The average molecular weight is 461 g/mol. The zero-order valence-corrected chi connectivity index (χ0v) is 18.4. The molecule has 1 fully saturated rings. The monoisotopic (exact) mass is 460 g/mol. The van der Waals surface area contributed by atoms with Gasteiger partial charge in [0.25, 0.3) is 11.6 Å². The van der Waals surface area contributed by atoms with Gasteiger partial charge in [0.1, 0.15) is 0 Å². The smallest absolute Gasteiger partial charge is 0.270 e. The molecule has 0 N–H and O–H groups in total. The number of amides is 1. The van der Waals surface area contributed by atoms with Crippen molar-refractivity contribution in [1.82, 2.24) is 9.88 Å². The van der Waals surface area contributed by atoms with E-state index >= 15 is 0 Å². The first-order chi connectivity index (χ1) is 14.8. The predicted molar refractivity (Wildman–Crippen MR) is 119 cm³/mol. The maximum atomic E-state index is 12.9. The summed E-state index contributed by atoms with van der Waals surface area (Å²) >= 11 is 1.39. The summed E-state index contributed by atoms with van der Waals surface area (Å²) in [6.07, 6.45) is 0. The molecule has 2 heterocycles. The Hall–Kier alpha value is -3.05. The third-order valence-electron chi connectivity index (χ3n) is 5.23. The van der Waals surface area contributed by atoms with E-state index in [0.29, 0.717) is 37.3 Å². The SMILES string of the molecule is CCS(=O)(=O)c1cccc(C(=O)N2CCN(c3nc4ccc([N+](=O)[O-])cc4s3)CC2)c1. The lowest BCUT2D eigenvalue weighted by Crippen LogP contribution is -2.48. The molecule has 0 spiro atoms. The summed E-state index contributed by atoms with van der Waals surface area (Å²) in [5.74, 6) is -0.220. The molecule has 9 nitrogen and oxygen atoms in total. The van der Waals surface area contributed by atoms with Gasteiger partial charge >= 0.3 is 0 Å². The van der Waals surface area contributed by atoms with Gasteiger partial charge in [-0.2, -0.15) is 0 Å². The number of hydrogen-bond donors (Lipinski definition) is 0. The van der Waals surface area contributed by atoms with Crippen LogP contribution < -0.4 is 4.90 Å². The lowest BCUT2D eigenvalue weighted by atomic mass is 10.2. The fourth-order valence-corrected chi connectivity index (χ4v) is 5.40. The summed E-state index contributed by atoms with van der Waals surface area (Å²) in [5.41, 5.74) is 1.10. The summed E-state index contributed by atoms with van der Waals surface area (Å²) in [4.78, 5) is 31.9. The number of thiazole rings is 1. The van der Waals surface area contributed by atoms with Gasteiger partial charge in [0.15, 0.2) is 15.0 Å². The molecule has 0 unspecified atom stereocenters. The molecule has 1 aliphatic rings. The molecule has 0 radical (unpaired) electrons. The van der Waals surface area contributed by atoms with Crippen LogP contribution in [0, 0.1) is 10.1 Å². The van der Waals surface area contributed by atoms with E-state index in [1.807, 2.05) is 0 Å². The summed E-state index contributed by atoms with van der Waals surface area (Å²) in [7, 11) is -3.38. The molecular formula is C20H20N4O5S2. The van der Waals surface area contributed by atoms with Gasteiger partial charge in [-0.05, 0) is 24.3 Å².